The van der Waals surface area contributed by atoms with Crippen molar-refractivity contribution < 1.29 is 28.6 Å². The predicted octanol–water partition coefficient (Wildman–Crippen LogP) is 22.6. The molecule has 446 valence electrons. The third kappa shape index (κ3) is 62.9. The quantitative estimate of drug-likeness (QED) is 0.0261. The Hall–Kier alpha value is -3.93. The van der Waals surface area contributed by atoms with Crippen LogP contribution in [0, 0.1) is 0 Å². The predicted molar refractivity (Wildman–Crippen MR) is 339 cm³/mol. The molecule has 6 nitrogen and oxygen atoms in total. The summed E-state index contributed by atoms with van der Waals surface area (Å²) < 4.78 is 16.8. The molecule has 0 aliphatic heterocycles. The Kier molecular flexibility index (Phi) is 62.3. The fourth-order valence-electron chi connectivity index (χ4n) is 9.10. The van der Waals surface area contributed by atoms with Crippen molar-refractivity contribution in [1.82, 2.24) is 0 Å². The number of unbranched alkanes of at least 4 members (excludes halogenated alkanes) is 30. The molecule has 0 heterocycles. The van der Waals surface area contributed by atoms with Crippen molar-refractivity contribution in [1.29, 1.82) is 0 Å². The van der Waals surface area contributed by atoms with Gasteiger partial charge in [0.1, 0.15) is 13.2 Å². The molecule has 0 fully saturated rings. The average molecular weight is 1080 g/mol. The summed E-state index contributed by atoms with van der Waals surface area (Å²) in [5.41, 5.74) is 0. The maximum Gasteiger partial charge on any atom is 0.306 e. The van der Waals surface area contributed by atoms with Crippen LogP contribution in [-0.2, 0) is 28.6 Å². The number of allylic oxidation sites excluding steroid dienone is 18. The standard InChI is InChI=1S/C72H122O6/c1-4-7-10-13-16-19-21-23-25-27-29-31-33-35-36-38-39-41-43-45-47-49-51-53-56-59-62-65-71(74)77-68-69(67-76-70(73)64-61-58-55-18-15-12-9-6-3)78-72(75)66-63-60-57-54-52-50-48-46-44-42-40-37-34-32-30-28-26-24-22-20-17-14-11-8-5-2/h7,10,16,19,23,25,28-31,35-36,39,41,45,47,51,53,69H,4-6,8-9,11-15,17-18,20-22,24,26-27,32-34,37-38,40,42-44,46,48-50,52,54-68H2,1-3H3/b10-7-,19-16-,25-23-,30-28-,31-29-,36-35-,41-39-,47-45-,53-51-. The summed E-state index contributed by atoms with van der Waals surface area (Å²) in [5, 5.41) is 0. The normalized spacial score (nSPS) is 12.8. The van der Waals surface area contributed by atoms with E-state index in [9.17, 15) is 14.4 Å². The highest BCUT2D eigenvalue weighted by Crippen LogP contribution is 2.16. The molecule has 0 aromatic carbocycles. The number of carbonyl (C=O) groups is 3. The van der Waals surface area contributed by atoms with Gasteiger partial charge in [-0.3, -0.25) is 14.4 Å². The van der Waals surface area contributed by atoms with E-state index in [0.717, 1.165) is 109 Å². The van der Waals surface area contributed by atoms with Crippen molar-refractivity contribution in [2.24, 2.45) is 0 Å². The van der Waals surface area contributed by atoms with Crippen LogP contribution in [0.4, 0.5) is 0 Å². The molecule has 0 aliphatic rings. The molecule has 1 atom stereocenters. The summed E-state index contributed by atoms with van der Waals surface area (Å²) >= 11 is 0. The number of rotatable bonds is 59. The van der Waals surface area contributed by atoms with E-state index in [-0.39, 0.29) is 31.1 Å². The molecule has 0 aliphatic carbocycles. The summed E-state index contributed by atoms with van der Waals surface area (Å²) in [6.07, 6.45) is 89.8. The maximum atomic E-state index is 12.9. The van der Waals surface area contributed by atoms with Gasteiger partial charge in [-0.15, -0.1) is 0 Å². The maximum absolute atomic E-state index is 12.9. The van der Waals surface area contributed by atoms with Gasteiger partial charge in [-0.2, -0.15) is 0 Å². The molecule has 1 unspecified atom stereocenters. The Bertz CT molecular complexity index is 1570. The molecule has 78 heavy (non-hydrogen) atoms. The lowest BCUT2D eigenvalue weighted by Crippen LogP contribution is -2.30. The number of ether oxygens (including phenoxy) is 3. The van der Waals surface area contributed by atoms with Gasteiger partial charge in [0.25, 0.3) is 0 Å². The number of carbonyl (C=O) groups excluding carboxylic acids is 3. The van der Waals surface area contributed by atoms with Gasteiger partial charge in [0.2, 0.25) is 0 Å². The van der Waals surface area contributed by atoms with Gasteiger partial charge in [-0.1, -0.05) is 291 Å². The van der Waals surface area contributed by atoms with Crippen molar-refractivity contribution >= 4 is 17.9 Å². The van der Waals surface area contributed by atoms with Gasteiger partial charge in [0.05, 0.1) is 0 Å². The fourth-order valence-corrected chi connectivity index (χ4v) is 9.10. The molecule has 0 aromatic heterocycles. The first-order valence-electron chi connectivity index (χ1n) is 32.9. The molecular formula is C72H122O6. The van der Waals surface area contributed by atoms with Gasteiger partial charge >= 0.3 is 17.9 Å². The van der Waals surface area contributed by atoms with Crippen molar-refractivity contribution in [3.63, 3.8) is 0 Å². The van der Waals surface area contributed by atoms with E-state index in [1.54, 1.807) is 0 Å². The minimum Gasteiger partial charge on any atom is -0.462 e. The summed E-state index contributed by atoms with van der Waals surface area (Å²) in [6.45, 7) is 6.48. The molecule has 0 radical (unpaired) electrons. The minimum absolute atomic E-state index is 0.0907. The molecule has 0 bridgehead atoms. The molecule has 0 saturated heterocycles. The van der Waals surface area contributed by atoms with Gasteiger partial charge in [0, 0.05) is 19.3 Å². The van der Waals surface area contributed by atoms with Gasteiger partial charge < -0.3 is 14.2 Å². The second kappa shape index (κ2) is 65.6. The SMILES string of the molecule is CC/C=C\C/C=C\C/C=C\C/C=C\C/C=C\C/C=C\C/C=C\C/C=C\CCCCC(=O)OCC(COC(=O)CCCCCCCCCC)OC(=O)CCCCCCCCCCCCCCC/C=C\CCCCCCCCCC. The van der Waals surface area contributed by atoms with E-state index in [0.29, 0.717) is 19.3 Å². The van der Waals surface area contributed by atoms with Crippen LogP contribution >= 0.6 is 0 Å². The zero-order chi connectivity index (χ0) is 56.4. The third-order valence-electron chi connectivity index (χ3n) is 14.0. The fraction of sp³-hybridized carbons (Fsp3) is 0.708. The molecule has 0 spiro atoms. The van der Waals surface area contributed by atoms with E-state index in [4.69, 9.17) is 14.2 Å². The molecule has 6 heteroatoms. The van der Waals surface area contributed by atoms with Crippen LogP contribution in [0.1, 0.15) is 310 Å². The lowest BCUT2D eigenvalue weighted by molar-refractivity contribution is -0.167. The van der Waals surface area contributed by atoms with Gasteiger partial charge in [-0.05, 0) is 109 Å². The Labute approximate surface area is 482 Å². The highest BCUT2D eigenvalue weighted by molar-refractivity contribution is 5.71. The first kappa shape index (κ1) is 74.1. The Balaban J connectivity index is 4.26. The van der Waals surface area contributed by atoms with Crippen LogP contribution in [0.25, 0.3) is 0 Å². The molecule has 0 amide bonds. The molecular weight excluding hydrogens is 961 g/mol. The van der Waals surface area contributed by atoms with Crippen LogP contribution < -0.4 is 0 Å². The molecule has 0 saturated carbocycles. The van der Waals surface area contributed by atoms with Crippen molar-refractivity contribution in [3.8, 4) is 0 Å². The van der Waals surface area contributed by atoms with E-state index in [1.807, 2.05) is 0 Å². The summed E-state index contributed by atoms with van der Waals surface area (Å²) in [5.74, 6) is -0.934. The summed E-state index contributed by atoms with van der Waals surface area (Å²) in [6, 6.07) is 0. The molecule has 0 N–H and O–H groups in total. The van der Waals surface area contributed by atoms with E-state index in [1.165, 1.54) is 161 Å². The summed E-state index contributed by atoms with van der Waals surface area (Å²) in [4.78, 5) is 38.2. The smallest absolute Gasteiger partial charge is 0.306 e. The van der Waals surface area contributed by atoms with Crippen LogP contribution in [0.15, 0.2) is 109 Å². The van der Waals surface area contributed by atoms with Crippen molar-refractivity contribution in [2.75, 3.05) is 13.2 Å². The van der Waals surface area contributed by atoms with Crippen LogP contribution in [0.3, 0.4) is 0 Å². The van der Waals surface area contributed by atoms with Crippen LogP contribution in [0.2, 0.25) is 0 Å². The lowest BCUT2D eigenvalue weighted by atomic mass is 10.0. The zero-order valence-electron chi connectivity index (χ0n) is 51.2. The number of hydrogen-bond acceptors (Lipinski definition) is 6. The highest BCUT2D eigenvalue weighted by Gasteiger charge is 2.19. The van der Waals surface area contributed by atoms with Gasteiger partial charge in [-0.25, -0.2) is 0 Å². The second-order valence-corrected chi connectivity index (χ2v) is 21.6. The zero-order valence-corrected chi connectivity index (χ0v) is 51.2. The Morgan fingerprint density at radius 2 is 0.500 bits per heavy atom. The van der Waals surface area contributed by atoms with E-state index >= 15 is 0 Å². The van der Waals surface area contributed by atoms with E-state index in [2.05, 4.69) is 130 Å². The van der Waals surface area contributed by atoms with Crippen molar-refractivity contribution in [3.05, 3.63) is 109 Å². The Morgan fingerprint density at radius 3 is 0.821 bits per heavy atom. The monoisotopic (exact) mass is 1080 g/mol. The van der Waals surface area contributed by atoms with E-state index < -0.39 is 6.10 Å². The third-order valence-corrected chi connectivity index (χ3v) is 14.0. The van der Waals surface area contributed by atoms with Crippen LogP contribution in [0.5, 0.6) is 0 Å². The first-order chi connectivity index (χ1) is 38.5. The second-order valence-electron chi connectivity index (χ2n) is 21.6. The number of esters is 3. The van der Waals surface area contributed by atoms with Gasteiger partial charge in [0.15, 0.2) is 6.10 Å². The molecule has 0 rings (SSSR count). The Morgan fingerprint density at radius 1 is 0.269 bits per heavy atom. The average Bonchev–Trinajstić information content (AvgIpc) is 3.44. The molecule has 0 aromatic rings. The number of hydrogen-bond donors (Lipinski definition) is 0. The minimum atomic E-state index is -0.796. The topological polar surface area (TPSA) is 78.9 Å². The largest absolute Gasteiger partial charge is 0.462 e. The first-order valence-corrected chi connectivity index (χ1v) is 32.9. The summed E-state index contributed by atoms with van der Waals surface area (Å²) in [7, 11) is 0. The van der Waals surface area contributed by atoms with Crippen molar-refractivity contribution in [2.45, 2.75) is 316 Å². The lowest BCUT2D eigenvalue weighted by Gasteiger charge is -2.18. The highest BCUT2D eigenvalue weighted by atomic mass is 16.6. The van der Waals surface area contributed by atoms with Crippen LogP contribution in [-0.4, -0.2) is 37.2 Å².